The number of rotatable bonds is 2. The lowest BCUT2D eigenvalue weighted by Gasteiger charge is -2.45. The lowest BCUT2D eigenvalue weighted by atomic mass is 9.71. The van der Waals surface area contributed by atoms with Gasteiger partial charge in [-0.15, -0.1) is 0 Å². The standard InChI is InChI=1S/C18H22F3N5/c19-18(20,21)10-13-9-14-15(11-23-13)24-12-25-16(14)26-7-3-17(4-8-26)1-5-22-6-2-17/h9,11-12,22H,1-8,10H2. The SMILES string of the molecule is FC(F)(F)Cc1cc2c(N3CCC4(CCNCC4)CC3)ncnc2cn1. The van der Waals surface area contributed by atoms with Crippen LogP contribution in [0.25, 0.3) is 10.9 Å². The molecule has 0 saturated carbocycles. The highest BCUT2D eigenvalue weighted by atomic mass is 19.4. The number of aromatic nitrogens is 3. The zero-order valence-electron chi connectivity index (χ0n) is 14.5. The van der Waals surface area contributed by atoms with Gasteiger partial charge in [0.2, 0.25) is 0 Å². The number of hydrogen-bond donors (Lipinski definition) is 1. The summed E-state index contributed by atoms with van der Waals surface area (Å²) in [6, 6.07) is 1.49. The van der Waals surface area contributed by atoms with Gasteiger partial charge in [-0.3, -0.25) is 4.98 Å². The number of nitrogens with zero attached hydrogens (tertiary/aromatic N) is 4. The van der Waals surface area contributed by atoms with Gasteiger partial charge in [-0.05, 0) is 50.3 Å². The van der Waals surface area contributed by atoms with E-state index in [2.05, 4.69) is 25.2 Å². The highest BCUT2D eigenvalue weighted by molar-refractivity contribution is 5.89. The lowest BCUT2D eigenvalue weighted by Crippen LogP contribution is -2.45. The van der Waals surface area contributed by atoms with Gasteiger partial charge in [0.05, 0.1) is 23.8 Å². The summed E-state index contributed by atoms with van der Waals surface area (Å²) in [7, 11) is 0. The summed E-state index contributed by atoms with van der Waals surface area (Å²) in [4.78, 5) is 14.7. The maximum absolute atomic E-state index is 12.7. The number of halogens is 3. The van der Waals surface area contributed by atoms with Crippen molar-refractivity contribution >= 4 is 16.7 Å². The molecule has 0 bridgehead atoms. The summed E-state index contributed by atoms with van der Waals surface area (Å²) in [5, 5.41) is 4.07. The number of piperidine rings is 2. The summed E-state index contributed by atoms with van der Waals surface area (Å²) in [6.45, 7) is 3.90. The molecule has 0 aliphatic carbocycles. The average Bonchev–Trinajstić information content (AvgIpc) is 2.61. The summed E-state index contributed by atoms with van der Waals surface area (Å²) in [5.41, 5.74) is 1.00. The molecule has 140 valence electrons. The second-order valence-electron chi connectivity index (χ2n) is 7.42. The fourth-order valence-corrected chi connectivity index (χ4v) is 4.19. The minimum Gasteiger partial charge on any atom is -0.356 e. The van der Waals surface area contributed by atoms with Crippen LogP contribution in [-0.2, 0) is 6.42 Å². The topological polar surface area (TPSA) is 53.9 Å². The van der Waals surface area contributed by atoms with Crippen LogP contribution in [0.4, 0.5) is 19.0 Å². The van der Waals surface area contributed by atoms with Crippen molar-refractivity contribution in [3.8, 4) is 0 Å². The van der Waals surface area contributed by atoms with Crippen LogP contribution in [0.15, 0.2) is 18.6 Å². The molecule has 2 aromatic heterocycles. The van der Waals surface area contributed by atoms with E-state index in [1.165, 1.54) is 31.4 Å². The van der Waals surface area contributed by atoms with Gasteiger partial charge < -0.3 is 10.2 Å². The minimum absolute atomic E-state index is 0.00730. The zero-order chi connectivity index (χ0) is 18.2. The second-order valence-corrected chi connectivity index (χ2v) is 7.42. The van der Waals surface area contributed by atoms with Crippen LogP contribution in [0.3, 0.4) is 0 Å². The Hall–Kier alpha value is -1.96. The summed E-state index contributed by atoms with van der Waals surface area (Å²) in [5.74, 6) is 0.726. The number of fused-ring (bicyclic) bond motifs is 1. The predicted molar refractivity (Wildman–Crippen MR) is 93.1 cm³/mol. The lowest BCUT2D eigenvalue weighted by molar-refractivity contribution is -0.127. The first-order valence-electron chi connectivity index (χ1n) is 9.06. The first-order chi connectivity index (χ1) is 12.4. The molecule has 0 atom stereocenters. The number of pyridine rings is 1. The van der Waals surface area contributed by atoms with Crippen LogP contribution >= 0.6 is 0 Å². The Bertz CT molecular complexity index is 776. The number of anilines is 1. The van der Waals surface area contributed by atoms with Crippen molar-refractivity contribution in [2.45, 2.75) is 38.3 Å². The molecule has 2 saturated heterocycles. The molecule has 0 radical (unpaired) electrons. The van der Waals surface area contributed by atoms with Crippen LogP contribution in [0.5, 0.6) is 0 Å². The molecule has 2 aliphatic rings. The maximum atomic E-state index is 12.7. The van der Waals surface area contributed by atoms with Gasteiger partial charge in [0, 0.05) is 18.5 Å². The van der Waals surface area contributed by atoms with Gasteiger partial charge in [0.15, 0.2) is 0 Å². The van der Waals surface area contributed by atoms with Crippen molar-refractivity contribution in [1.82, 2.24) is 20.3 Å². The normalized spacial score (nSPS) is 20.7. The number of nitrogens with one attached hydrogen (secondary N) is 1. The highest BCUT2D eigenvalue weighted by Gasteiger charge is 2.36. The average molecular weight is 365 g/mol. The van der Waals surface area contributed by atoms with Gasteiger partial charge in [0.1, 0.15) is 12.1 Å². The highest BCUT2D eigenvalue weighted by Crippen LogP contribution is 2.41. The molecular weight excluding hydrogens is 343 g/mol. The van der Waals surface area contributed by atoms with Crippen molar-refractivity contribution < 1.29 is 13.2 Å². The van der Waals surface area contributed by atoms with E-state index in [4.69, 9.17) is 0 Å². The Morgan fingerprint density at radius 3 is 2.46 bits per heavy atom. The van der Waals surface area contributed by atoms with E-state index < -0.39 is 12.6 Å². The van der Waals surface area contributed by atoms with E-state index in [1.54, 1.807) is 0 Å². The van der Waals surface area contributed by atoms with Crippen LogP contribution < -0.4 is 10.2 Å². The number of hydrogen-bond acceptors (Lipinski definition) is 5. The first-order valence-corrected chi connectivity index (χ1v) is 9.06. The van der Waals surface area contributed by atoms with Gasteiger partial charge >= 0.3 is 6.18 Å². The summed E-state index contributed by atoms with van der Waals surface area (Å²) >= 11 is 0. The third kappa shape index (κ3) is 3.60. The fraction of sp³-hybridized carbons (Fsp3) is 0.611. The second kappa shape index (κ2) is 6.64. The molecule has 1 N–H and O–H groups in total. The van der Waals surface area contributed by atoms with Gasteiger partial charge in [-0.1, -0.05) is 0 Å². The minimum atomic E-state index is -4.27. The summed E-state index contributed by atoms with van der Waals surface area (Å²) in [6.07, 6.45) is 2.17. The van der Waals surface area contributed by atoms with Gasteiger partial charge in [-0.25, -0.2) is 9.97 Å². The van der Waals surface area contributed by atoms with Crippen molar-refractivity contribution in [1.29, 1.82) is 0 Å². The molecule has 2 aliphatic heterocycles. The summed E-state index contributed by atoms with van der Waals surface area (Å²) < 4.78 is 38.1. The molecule has 0 amide bonds. The molecule has 1 spiro atoms. The molecule has 2 aromatic rings. The molecule has 5 nitrogen and oxygen atoms in total. The smallest absolute Gasteiger partial charge is 0.356 e. The van der Waals surface area contributed by atoms with Crippen LogP contribution in [0.2, 0.25) is 0 Å². The fourth-order valence-electron chi connectivity index (χ4n) is 4.19. The van der Waals surface area contributed by atoms with E-state index >= 15 is 0 Å². The largest absolute Gasteiger partial charge is 0.394 e. The zero-order valence-corrected chi connectivity index (χ0v) is 14.5. The Morgan fingerprint density at radius 2 is 1.77 bits per heavy atom. The number of alkyl halides is 3. The van der Waals surface area contributed by atoms with Crippen LogP contribution in [0, 0.1) is 5.41 Å². The molecule has 0 unspecified atom stereocenters. The van der Waals surface area contributed by atoms with Crippen molar-refractivity contribution in [2.24, 2.45) is 5.41 Å². The van der Waals surface area contributed by atoms with Gasteiger partial charge in [0.25, 0.3) is 0 Å². The van der Waals surface area contributed by atoms with E-state index in [-0.39, 0.29) is 5.69 Å². The first kappa shape index (κ1) is 17.5. The molecule has 4 heterocycles. The van der Waals surface area contributed by atoms with Crippen LogP contribution in [-0.4, -0.2) is 47.3 Å². The third-order valence-electron chi connectivity index (χ3n) is 5.73. The molecular formula is C18H22F3N5. The van der Waals surface area contributed by atoms with E-state index in [1.807, 2.05) is 0 Å². The van der Waals surface area contributed by atoms with E-state index in [9.17, 15) is 13.2 Å². The van der Waals surface area contributed by atoms with E-state index in [0.717, 1.165) is 44.8 Å². The van der Waals surface area contributed by atoms with Crippen molar-refractivity contribution in [3.63, 3.8) is 0 Å². The molecule has 26 heavy (non-hydrogen) atoms. The monoisotopic (exact) mass is 365 g/mol. The van der Waals surface area contributed by atoms with Crippen LogP contribution in [0.1, 0.15) is 31.4 Å². The molecule has 2 fully saturated rings. The molecule has 4 rings (SSSR count). The Balaban J connectivity index is 1.59. The Kier molecular flexibility index (Phi) is 4.46. The third-order valence-corrected chi connectivity index (χ3v) is 5.73. The molecule has 0 aromatic carbocycles. The van der Waals surface area contributed by atoms with Gasteiger partial charge in [-0.2, -0.15) is 13.2 Å². The predicted octanol–water partition coefficient (Wildman–Crippen LogP) is 3.10. The quantitative estimate of drug-likeness (QED) is 0.886. The van der Waals surface area contributed by atoms with E-state index in [0.29, 0.717) is 16.3 Å². The Morgan fingerprint density at radius 1 is 1.04 bits per heavy atom. The Labute approximate surface area is 150 Å². The molecule has 8 heteroatoms. The van der Waals surface area contributed by atoms with Crippen molar-refractivity contribution in [2.75, 3.05) is 31.1 Å². The maximum Gasteiger partial charge on any atom is 0.394 e. The van der Waals surface area contributed by atoms with Crippen molar-refractivity contribution in [3.05, 3.63) is 24.3 Å².